The number of aromatic nitrogens is 2. The fourth-order valence-electron chi connectivity index (χ4n) is 1.02. The molecule has 0 fully saturated rings. The number of hydrogen-bond acceptors (Lipinski definition) is 5. The molecule has 1 aromatic heterocycles. The molecule has 0 aliphatic rings. The van der Waals surface area contributed by atoms with Gasteiger partial charge in [-0.15, -0.1) is 0 Å². The first-order valence-corrected chi connectivity index (χ1v) is 7.01. The van der Waals surface area contributed by atoms with Gasteiger partial charge in [0.25, 0.3) is 0 Å². The van der Waals surface area contributed by atoms with Gasteiger partial charge >= 0.3 is 0 Å². The van der Waals surface area contributed by atoms with Crippen molar-refractivity contribution in [1.29, 1.82) is 0 Å². The summed E-state index contributed by atoms with van der Waals surface area (Å²) in [6, 6.07) is 1.97. The lowest BCUT2D eigenvalue weighted by atomic mass is 10.4. The summed E-state index contributed by atoms with van der Waals surface area (Å²) in [5.74, 6) is 2.70. The summed E-state index contributed by atoms with van der Waals surface area (Å²) in [6.07, 6.45) is 0. The largest absolute Gasteiger partial charge is 0.344 e. The van der Waals surface area contributed by atoms with Gasteiger partial charge in [0, 0.05) is 17.1 Å². The average molecular weight is 229 g/mol. The zero-order valence-electron chi connectivity index (χ0n) is 8.70. The van der Waals surface area contributed by atoms with E-state index in [1.165, 1.54) is 0 Å². The van der Waals surface area contributed by atoms with Gasteiger partial charge in [-0.25, -0.2) is 9.97 Å². The molecule has 0 amide bonds. The normalized spacial score (nSPS) is 10.2. The van der Waals surface area contributed by atoms with Crippen molar-refractivity contribution in [2.45, 2.75) is 20.8 Å². The minimum absolute atomic E-state index is 0.728. The van der Waals surface area contributed by atoms with E-state index in [9.17, 15) is 0 Å². The number of hydrogen-bond donors (Lipinski definition) is 1. The SMILES string of the molecule is CCSSCNc1nc(C)cc(C)n1. The first-order valence-electron chi connectivity index (χ1n) is 4.53. The van der Waals surface area contributed by atoms with Crippen molar-refractivity contribution in [3.05, 3.63) is 17.5 Å². The summed E-state index contributed by atoms with van der Waals surface area (Å²) >= 11 is 0. The third kappa shape index (κ3) is 4.19. The molecular formula is C9H15N3S2. The molecule has 3 nitrogen and oxygen atoms in total. The van der Waals surface area contributed by atoms with E-state index in [0.29, 0.717) is 0 Å². The molecule has 1 rings (SSSR count). The van der Waals surface area contributed by atoms with Crippen LogP contribution in [0.15, 0.2) is 6.07 Å². The molecule has 0 atom stereocenters. The standard InChI is InChI=1S/C9H15N3S2/c1-4-13-14-6-10-9-11-7(2)5-8(3)12-9/h5H,4,6H2,1-3H3,(H,10,11,12). The maximum absolute atomic E-state index is 4.29. The summed E-state index contributed by atoms with van der Waals surface area (Å²) < 4.78 is 0. The van der Waals surface area contributed by atoms with E-state index in [4.69, 9.17) is 0 Å². The lowest BCUT2D eigenvalue weighted by molar-refractivity contribution is 1.05. The summed E-state index contributed by atoms with van der Waals surface area (Å²) in [5.41, 5.74) is 2.02. The van der Waals surface area contributed by atoms with Crippen molar-refractivity contribution in [2.24, 2.45) is 0 Å². The third-order valence-corrected chi connectivity index (χ3v) is 3.70. The van der Waals surface area contributed by atoms with E-state index >= 15 is 0 Å². The van der Waals surface area contributed by atoms with Gasteiger partial charge in [0.15, 0.2) is 0 Å². The van der Waals surface area contributed by atoms with Crippen LogP contribution in [0.25, 0.3) is 0 Å². The number of rotatable bonds is 5. The van der Waals surface area contributed by atoms with E-state index in [2.05, 4.69) is 22.2 Å². The summed E-state index contributed by atoms with van der Waals surface area (Å²) in [6.45, 7) is 6.10. The maximum atomic E-state index is 4.29. The van der Waals surface area contributed by atoms with Gasteiger partial charge in [-0.1, -0.05) is 28.5 Å². The zero-order chi connectivity index (χ0) is 10.4. The Morgan fingerprint density at radius 1 is 1.21 bits per heavy atom. The molecule has 0 unspecified atom stereocenters. The number of nitrogens with one attached hydrogen (secondary N) is 1. The van der Waals surface area contributed by atoms with Crippen molar-refractivity contribution in [3.8, 4) is 0 Å². The van der Waals surface area contributed by atoms with Gasteiger partial charge < -0.3 is 5.32 Å². The van der Waals surface area contributed by atoms with Crippen LogP contribution < -0.4 is 5.32 Å². The molecule has 0 aliphatic carbocycles. The fraction of sp³-hybridized carbons (Fsp3) is 0.556. The molecule has 5 heteroatoms. The maximum Gasteiger partial charge on any atom is 0.223 e. The van der Waals surface area contributed by atoms with Crippen LogP contribution in [0.2, 0.25) is 0 Å². The minimum Gasteiger partial charge on any atom is -0.344 e. The van der Waals surface area contributed by atoms with E-state index in [1.54, 1.807) is 10.8 Å². The van der Waals surface area contributed by atoms with Gasteiger partial charge in [0.2, 0.25) is 5.95 Å². The molecule has 14 heavy (non-hydrogen) atoms. The first-order chi connectivity index (χ1) is 6.72. The van der Waals surface area contributed by atoms with Gasteiger partial charge in [0.05, 0.1) is 5.88 Å². The van der Waals surface area contributed by atoms with Gasteiger partial charge in [-0.05, 0) is 19.9 Å². The third-order valence-electron chi connectivity index (χ3n) is 1.47. The Bertz CT molecular complexity index is 271. The van der Waals surface area contributed by atoms with Crippen molar-refractivity contribution in [1.82, 2.24) is 9.97 Å². The molecule has 0 spiro atoms. The molecule has 1 heterocycles. The van der Waals surface area contributed by atoms with Crippen molar-refractivity contribution >= 4 is 27.5 Å². The first kappa shape index (κ1) is 11.7. The number of aryl methyl sites for hydroxylation is 2. The second-order valence-corrected chi connectivity index (χ2v) is 5.57. The highest BCUT2D eigenvalue weighted by atomic mass is 33.1. The molecule has 1 N–H and O–H groups in total. The number of nitrogens with zero attached hydrogens (tertiary/aromatic N) is 2. The Hall–Kier alpha value is -0.420. The van der Waals surface area contributed by atoms with E-state index in [0.717, 1.165) is 29.0 Å². The molecule has 0 radical (unpaired) electrons. The number of anilines is 1. The lowest BCUT2D eigenvalue weighted by Crippen LogP contribution is -2.03. The van der Waals surface area contributed by atoms with E-state index in [1.807, 2.05) is 30.7 Å². The highest BCUT2D eigenvalue weighted by Crippen LogP contribution is 2.19. The van der Waals surface area contributed by atoms with Crippen LogP contribution in [0.5, 0.6) is 0 Å². The monoisotopic (exact) mass is 229 g/mol. The second-order valence-electron chi connectivity index (χ2n) is 2.82. The summed E-state index contributed by atoms with van der Waals surface area (Å²) in [4.78, 5) is 8.57. The Morgan fingerprint density at radius 2 is 1.86 bits per heavy atom. The van der Waals surface area contributed by atoms with Crippen LogP contribution in [0.4, 0.5) is 5.95 Å². The second kappa shape index (κ2) is 6.14. The molecule has 0 saturated carbocycles. The predicted molar refractivity (Wildman–Crippen MR) is 65.7 cm³/mol. The van der Waals surface area contributed by atoms with Crippen molar-refractivity contribution in [3.63, 3.8) is 0 Å². The molecule has 0 aromatic carbocycles. The van der Waals surface area contributed by atoms with Crippen LogP contribution in [0.1, 0.15) is 18.3 Å². The van der Waals surface area contributed by atoms with Gasteiger partial charge in [-0.2, -0.15) is 0 Å². The minimum atomic E-state index is 0.728. The molecule has 0 bridgehead atoms. The van der Waals surface area contributed by atoms with Crippen molar-refractivity contribution in [2.75, 3.05) is 16.9 Å². The molecule has 1 aromatic rings. The highest BCUT2D eigenvalue weighted by molar-refractivity contribution is 8.76. The van der Waals surface area contributed by atoms with E-state index < -0.39 is 0 Å². The van der Waals surface area contributed by atoms with Crippen LogP contribution in [0.3, 0.4) is 0 Å². The lowest BCUT2D eigenvalue weighted by Gasteiger charge is -2.05. The molecular weight excluding hydrogens is 214 g/mol. The van der Waals surface area contributed by atoms with Crippen LogP contribution in [-0.4, -0.2) is 21.6 Å². The Kier molecular flexibility index (Phi) is 5.11. The summed E-state index contributed by atoms with van der Waals surface area (Å²) in [5, 5.41) is 3.18. The topological polar surface area (TPSA) is 37.8 Å². The van der Waals surface area contributed by atoms with Crippen LogP contribution in [0, 0.1) is 13.8 Å². The van der Waals surface area contributed by atoms with Gasteiger partial charge in [-0.3, -0.25) is 0 Å². The summed E-state index contributed by atoms with van der Waals surface area (Å²) in [7, 11) is 3.62. The highest BCUT2D eigenvalue weighted by Gasteiger charge is 1.97. The predicted octanol–water partition coefficient (Wildman–Crippen LogP) is 2.86. The van der Waals surface area contributed by atoms with Crippen LogP contribution in [-0.2, 0) is 0 Å². The Balaban J connectivity index is 2.42. The smallest absolute Gasteiger partial charge is 0.223 e. The Labute approximate surface area is 92.9 Å². The quantitative estimate of drug-likeness (QED) is 0.477. The van der Waals surface area contributed by atoms with Gasteiger partial charge in [0.1, 0.15) is 0 Å². The van der Waals surface area contributed by atoms with Crippen LogP contribution >= 0.6 is 21.6 Å². The van der Waals surface area contributed by atoms with Crippen molar-refractivity contribution < 1.29 is 0 Å². The van der Waals surface area contributed by atoms with E-state index in [-0.39, 0.29) is 0 Å². The average Bonchev–Trinajstić information content (AvgIpc) is 2.11. The zero-order valence-corrected chi connectivity index (χ0v) is 10.3. The molecule has 78 valence electrons. The molecule has 0 aliphatic heterocycles. The Morgan fingerprint density at radius 3 is 2.43 bits per heavy atom. The fourth-order valence-corrected chi connectivity index (χ4v) is 2.39. The molecule has 0 saturated heterocycles.